The van der Waals surface area contributed by atoms with Crippen molar-refractivity contribution in [3.63, 3.8) is 0 Å². The van der Waals surface area contributed by atoms with E-state index in [1.807, 2.05) is 6.08 Å². The summed E-state index contributed by atoms with van der Waals surface area (Å²) in [4.78, 5) is 26.7. The number of carbonyl (C=O) groups excluding carboxylic acids is 2. The van der Waals surface area contributed by atoms with Crippen LogP contribution in [-0.2, 0) is 23.8 Å². The van der Waals surface area contributed by atoms with Crippen LogP contribution in [0, 0.1) is 0 Å². The number of amides is 1. The average molecular weight is 1240 g/mol. The molecule has 0 aromatic carbocycles. The topological polar surface area (TPSA) is 175 Å². The number of hydrogen-bond acceptors (Lipinski definition) is 10. The van der Waals surface area contributed by atoms with E-state index in [0.29, 0.717) is 19.3 Å². The summed E-state index contributed by atoms with van der Waals surface area (Å²) in [5.74, 6) is -1.17. The number of carbonyl (C=O) groups is 2. The second-order valence-corrected chi connectivity index (χ2v) is 27.1. The fourth-order valence-corrected chi connectivity index (χ4v) is 12.7. The summed E-state index contributed by atoms with van der Waals surface area (Å²) in [5, 5.41) is 57.3. The first kappa shape index (κ1) is 83.4. The largest absolute Gasteiger partial charge is 0.454 e. The second kappa shape index (κ2) is 64.5. The molecule has 11 nitrogen and oxygen atoms in total. The van der Waals surface area contributed by atoms with Crippen LogP contribution < -0.4 is 5.32 Å². The van der Waals surface area contributed by atoms with Crippen molar-refractivity contribution in [3.8, 4) is 0 Å². The van der Waals surface area contributed by atoms with Gasteiger partial charge in [0.25, 0.3) is 0 Å². The van der Waals surface area contributed by atoms with Crippen LogP contribution in [-0.4, -0.2) is 99.6 Å². The first-order valence-corrected chi connectivity index (χ1v) is 38.5. The molecule has 87 heavy (non-hydrogen) atoms. The minimum atomic E-state index is -1.61. The Labute approximate surface area is 538 Å². The van der Waals surface area contributed by atoms with Gasteiger partial charge >= 0.3 is 5.97 Å². The van der Waals surface area contributed by atoms with Crippen LogP contribution in [0.4, 0.5) is 0 Å². The summed E-state index contributed by atoms with van der Waals surface area (Å²) in [5.41, 5.74) is 0. The van der Waals surface area contributed by atoms with Crippen LogP contribution in [0.25, 0.3) is 0 Å². The zero-order chi connectivity index (χ0) is 63.1. The molecule has 516 valence electrons. The summed E-state index contributed by atoms with van der Waals surface area (Å²) in [6, 6.07) is -1.02. The standard InChI is InChI=1S/C76H147NO10/c1-4-7-10-13-16-19-22-24-26-28-30-32-33-34-35-36-38-39-41-43-45-48-51-54-57-60-63-69(80)75(84)77-67(68(79)62-59-56-53-50-47-21-18-15-12-9-6-3)66-85-76-74(73(83)72(82)70(65-78)86-76)87-71(81)64-61-58-55-52-49-46-44-42-40-37-31-29-27-25-23-20-17-14-11-8-5-2/h59,62,67-70,72-74,76,78-80,82-83H,4-58,60-61,63-66H2,1-3H3,(H,77,84)/b62-59+. The van der Waals surface area contributed by atoms with E-state index in [9.17, 15) is 35.1 Å². The molecule has 1 aliphatic heterocycles. The molecule has 1 rings (SSSR count). The molecule has 11 heteroatoms. The van der Waals surface area contributed by atoms with Gasteiger partial charge in [0.1, 0.15) is 24.4 Å². The number of unbranched alkanes of at least 4 members (excludes halogenated alkanes) is 54. The van der Waals surface area contributed by atoms with Gasteiger partial charge < -0.3 is 45.1 Å². The highest BCUT2D eigenvalue weighted by Crippen LogP contribution is 2.27. The monoisotopic (exact) mass is 1230 g/mol. The normalized spacial score (nSPS) is 18.2. The number of allylic oxidation sites excluding steroid dienone is 1. The quantitative estimate of drug-likeness (QED) is 0.0195. The van der Waals surface area contributed by atoms with Crippen LogP contribution in [0.3, 0.4) is 0 Å². The predicted octanol–water partition coefficient (Wildman–Crippen LogP) is 20.2. The predicted molar refractivity (Wildman–Crippen MR) is 366 cm³/mol. The maximum Gasteiger partial charge on any atom is 0.306 e. The molecule has 1 amide bonds. The third kappa shape index (κ3) is 51.6. The molecular formula is C76H147NO10. The summed E-state index contributed by atoms with van der Waals surface area (Å²) >= 11 is 0. The van der Waals surface area contributed by atoms with Crippen molar-refractivity contribution in [2.24, 2.45) is 0 Å². The number of aliphatic hydroxyl groups is 5. The Kier molecular flexibility index (Phi) is 61.8. The summed E-state index contributed by atoms with van der Waals surface area (Å²) in [6.45, 7) is 5.87. The van der Waals surface area contributed by atoms with Gasteiger partial charge in [0.15, 0.2) is 12.4 Å². The number of aliphatic hydroxyl groups excluding tert-OH is 5. The Morgan fingerprint density at radius 2 is 0.747 bits per heavy atom. The number of esters is 1. The van der Waals surface area contributed by atoms with Crippen molar-refractivity contribution in [2.75, 3.05) is 13.2 Å². The Morgan fingerprint density at radius 3 is 1.08 bits per heavy atom. The fraction of sp³-hybridized carbons (Fsp3) is 0.947. The van der Waals surface area contributed by atoms with Gasteiger partial charge in [-0.05, 0) is 25.7 Å². The zero-order valence-electron chi connectivity index (χ0n) is 57.7. The molecule has 1 heterocycles. The zero-order valence-corrected chi connectivity index (χ0v) is 57.7. The molecule has 0 radical (unpaired) electrons. The Bertz CT molecular complexity index is 1470. The molecule has 1 fully saturated rings. The van der Waals surface area contributed by atoms with E-state index in [2.05, 4.69) is 26.1 Å². The van der Waals surface area contributed by atoms with Gasteiger partial charge in [-0.3, -0.25) is 9.59 Å². The van der Waals surface area contributed by atoms with E-state index in [4.69, 9.17) is 14.2 Å². The van der Waals surface area contributed by atoms with Gasteiger partial charge in [-0.25, -0.2) is 0 Å². The summed E-state index contributed by atoms with van der Waals surface area (Å²) in [7, 11) is 0. The van der Waals surface area contributed by atoms with Crippen LogP contribution in [0.1, 0.15) is 400 Å². The van der Waals surface area contributed by atoms with Crippen molar-refractivity contribution in [1.29, 1.82) is 0 Å². The van der Waals surface area contributed by atoms with Gasteiger partial charge in [0.05, 0.1) is 25.4 Å². The van der Waals surface area contributed by atoms with Crippen molar-refractivity contribution >= 4 is 11.9 Å². The fourth-order valence-electron chi connectivity index (χ4n) is 12.7. The maximum absolute atomic E-state index is 13.5. The van der Waals surface area contributed by atoms with Gasteiger partial charge in [0.2, 0.25) is 5.91 Å². The molecule has 0 saturated carbocycles. The van der Waals surface area contributed by atoms with Crippen LogP contribution in [0.2, 0.25) is 0 Å². The minimum Gasteiger partial charge on any atom is -0.454 e. The average Bonchev–Trinajstić information content (AvgIpc) is 3.18. The molecule has 8 atom stereocenters. The van der Waals surface area contributed by atoms with Crippen molar-refractivity contribution in [3.05, 3.63) is 12.2 Å². The van der Waals surface area contributed by atoms with E-state index in [1.165, 1.54) is 295 Å². The van der Waals surface area contributed by atoms with Crippen molar-refractivity contribution in [2.45, 2.75) is 449 Å². The van der Waals surface area contributed by atoms with E-state index in [-0.39, 0.29) is 13.0 Å². The number of rotatable bonds is 68. The Morgan fingerprint density at radius 1 is 0.437 bits per heavy atom. The maximum atomic E-state index is 13.5. The summed E-state index contributed by atoms with van der Waals surface area (Å²) < 4.78 is 17.7. The lowest BCUT2D eigenvalue weighted by molar-refractivity contribution is -0.305. The van der Waals surface area contributed by atoms with Crippen molar-refractivity contribution < 1.29 is 49.3 Å². The number of hydrogen-bond donors (Lipinski definition) is 6. The van der Waals surface area contributed by atoms with Gasteiger partial charge in [-0.2, -0.15) is 0 Å². The highest BCUT2D eigenvalue weighted by Gasteiger charge is 2.47. The number of nitrogens with one attached hydrogen (secondary N) is 1. The van der Waals surface area contributed by atoms with Crippen LogP contribution in [0.15, 0.2) is 12.2 Å². The molecule has 1 saturated heterocycles. The van der Waals surface area contributed by atoms with Gasteiger partial charge in [-0.1, -0.05) is 380 Å². The van der Waals surface area contributed by atoms with Gasteiger partial charge in [0, 0.05) is 6.42 Å². The van der Waals surface area contributed by atoms with E-state index in [0.717, 1.165) is 57.8 Å². The van der Waals surface area contributed by atoms with Crippen LogP contribution >= 0.6 is 0 Å². The van der Waals surface area contributed by atoms with Gasteiger partial charge in [-0.15, -0.1) is 0 Å². The lowest BCUT2D eigenvalue weighted by Gasteiger charge is -2.41. The molecule has 6 N–H and O–H groups in total. The number of ether oxygens (including phenoxy) is 3. The lowest BCUT2D eigenvalue weighted by atomic mass is 9.99. The Balaban J connectivity index is 2.48. The van der Waals surface area contributed by atoms with Crippen molar-refractivity contribution in [1.82, 2.24) is 5.32 Å². The first-order valence-electron chi connectivity index (χ1n) is 38.5. The summed E-state index contributed by atoms with van der Waals surface area (Å²) in [6.07, 6.45) is 67.1. The molecule has 0 aliphatic carbocycles. The third-order valence-electron chi connectivity index (χ3n) is 18.7. The lowest BCUT2D eigenvalue weighted by Crippen LogP contribution is -2.61. The Hall–Kier alpha value is -1.60. The minimum absolute atomic E-state index is 0.132. The molecule has 0 spiro atoms. The molecule has 0 aromatic rings. The van der Waals surface area contributed by atoms with E-state index < -0.39 is 67.4 Å². The highest BCUT2D eigenvalue weighted by molar-refractivity contribution is 5.80. The van der Waals surface area contributed by atoms with E-state index in [1.54, 1.807) is 6.08 Å². The first-order chi connectivity index (χ1) is 42.7. The molecule has 0 bridgehead atoms. The molecule has 8 unspecified atom stereocenters. The molecule has 0 aromatic heterocycles. The smallest absolute Gasteiger partial charge is 0.306 e. The molecular weight excluding hydrogens is 1090 g/mol. The molecule has 1 aliphatic rings. The van der Waals surface area contributed by atoms with E-state index >= 15 is 0 Å². The SMILES string of the molecule is CCCCCCCCCCC/C=C/C(O)C(COC1OC(CO)C(O)C(O)C1OC(=O)CCCCCCCCCCCCCCCCCCCCCCC)NC(=O)C(O)CCCCCCCCCCCCCCCCCCCCCCCCCCCC. The van der Waals surface area contributed by atoms with Crippen LogP contribution in [0.5, 0.6) is 0 Å². The second-order valence-electron chi connectivity index (χ2n) is 27.1. The third-order valence-corrected chi connectivity index (χ3v) is 18.7. The highest BCUT2D eigenvalue weighted by atomic mass is 16.7.